The number of amides is 2. The Morgan fingerprint density at radius 2 is 1.94 bits per heavy atom. The Bertz CT molecular complexity index is 1150. The maximum Gasteiger partial charge on any atom is 0.422 e. The number of hydrogen-bond donors (Lipinski definition) is 2. The number of quaternary nitrogens is 1. The standard InChI is InChI=1S/C27H31N5O/c1-4-5-8-23-25(16-26-29-14-15-30-26)32(27(33)31-23,24-9-6-7-19(2)20(24)3)18-22-12-10-21(17-28)11-13-22/h6-7,9-15,23,25H,4-5,8,16,18H2,1-3H3,(H-,29,30,31,33)/p+1. The fraction of sp³-hybridized carbons (Fsp3) is 0.370. The highest BCUT2D eigenvalue weighted by Gasteiger charge is 2.57. The van der Waals surface area contributed by atoms with Crippen molar-refractivity contribution < 1.29 is 4.79 Å². The molecule has 0 saturated carbocycles. The lowest BCUT2D eigenvalue weighted by Gasteiger charge is -2.38. The molecule has 4 rings (SSSR count). The second-order valence-corrected chi connectivity index (χ2v) is 9.06. The molecular formula is C27H32N5O+. The molecule has 3 aromatic rings. The van der Waals surface area contributed by atoms with Gasteiger partial charge < -0.3 is 4.98 Å². The van der Waals surface area contributed by atoms with Gasteiger partial charge in [0.15, 0.2) is 0 Å². The van der Waals surface area contributed by atoms with Crippen LogP contribution in [0.15, 0.2) is 54.9 Å². The number of aromatic amines is 1. The second-order valence-electron chi connectivity index (χ2n) is 9.06. The van der Waals surface area contributed by atoms with Gasteiger partial charge in [0.2, 0.25) is 0 Å². The van der Waals surface area contributed by atoms with Gasteiger partial charge in [0, 0.05) is 29.6 Å². The molecule has 6 nitrogen and oxygen atoms in total. The molecule has 1 aromatic heterocycles. The largest absolute Gasteiger partial charge is 0.422 e. The Kier molecular flexibility index (Phi) is 6.62. The third-order valence-electron chi connectivity index (χ3n) is 7.05. The van der Waals surface area contributed by atoms with Crippen molar-refractivity contribution in [3.05, 3.63) is 82.9 Å². The van der Waals surface area contributed by atoms with Gasteiger partial charge >= 0.3 is 6.03 Å². The lowest BCUT2D eigenvalue weighted by Crippen LogP contribution is -2.58. The average Bonchev–Trinajstić information content (AvgIpc) is 3.43. The number of rotatable bonds is 8. The normalized spacial score (nSPS) is 22.2. The van der Waals surface area contributed by atoms with Crippen molar-refractivity contribution in [1.29, 1.82) is 5.26 Å². The molecule has 0 radical (unpaired) electrons. The number of nitrogens with one attached hydrogen (secondary N) is 2. The summed E-state index contributed by atoms with van der Waals surface area (Å²) < 4.78 is 0.203. The van der Waals surface area contributed by atoms with Gasteiger partial charge in [0.25, 0.3) is 0 Å². The highest BCUT2D eigenvalue weighted by Crippen LogP contribution is 2.40. The van der Waals surface area contributed by atoms with Crippen LogP contribution in [0.3, 0.4) is 0 Å². The predicted molar refractivity (Wildman–Crippen MR) is 130 cm³/mol. The zero-order chi connectivity index (χ0) is 23.4. The topological polar surface area (TPSA) is 81.6 Å². The first-order valence-corrected chi connectivity index (χ1v) is 11.7. The molecule has 33 heavy (non-hydrogen) atoms. The van der Waals surface area contributed by atoms with E-state index in [1.807, 2.05) is 36.5 Å². The van der Waals surface area contributed by atoms with Gasteiger partial charge in [-0.05, 0) is 38.0 Å². The van der Waals surface area contributed by atoms with Gasteiger partial charge in [0.1, 0.15) is 24.1 Å². The minimum atomic E-state index is -0.00802. The minimum Gasteiger partial charge on any atom is -0.348 e. The molecule has 1 fully saturated rings. The van der Waals surface area contributed by atoms with E-state index in [1.54, 1.807) is 6.20 Å². The molecule has 0 aliphatic carbocycles. The summed E-state index contributed by atoms with van der Waals surface area (Å²) in [7, 11) is 0. The van der Waals surface area contributed by atoms with Crippen LogP contribution in [-0.4, -0.2) is 28.1 Å². The van der Waals surface area contributed by atoms with Gasteiger partial charge in [-0.15, -0.1) is 0 Å². The van der Waals surface area contributed by atoms with Crippen LogP contribution in [0.1, 0.15) is 54.3 Å². The number of carbonyl (C=O) groups excluding carboxylic acids is 1. The molecule has 2 aromatic carbocycles. The highest BCUT2D eigenvalue weighted by atomic mass is 16.2. The Labute approximate surface area is 195 Å². The van der Waals surface area contributed by atoms with E-state index in [4.69, 9.17) is 0 Å². The summed E-state index contributed by atoms with van der Waals surface area (Å²) >= 11 is 0. The van der Waals surface area contributed by atoms with Crippen molar-refractivity contribution in [1.82, 2.24) is 19.8 Å². The molecule has 6 heteroatoms. The quantitative estimate of drug-likeness (QED) is 0.465. The van der Waals surface area contributed by atoms with Crippen LogP contribution in [0.5, 0.6) is 0 Å². The van der Waals surface area contributed by atoms with Crippen molar-refractivity contribution in [3.8, 4) is 6.07 Å². The number of hydrogen-bond acceptors (Lipinski definition) is 3. The van der Waals surface area contributed by atoms with E-state index < -0.39 is 0 Å². The van der Waals surface area contributed by atoms with Crippen molar-refractivity contribution in [3.63, 3.8) is 0 Å². The Hall–Kier alpha value is -3.43. The average molecular weight is 443 g/mol. The van der Waals surface area contributed by atoms with E-state index in [1.165, 1.54) is 5.56 Å². The minimum absolute atomic E-state index is 0.00802. The molecule has 3 atom stereocenters. The number of urea groups is 1. The van der Waals surface area contributed by atoms with Crippen LogP contribution in [-0.2, 0) is 13.0 Å². The number of aryl methyl sites for hydroxylation is 1. The Morgan fingerprint density at radius 1 is 1.15 bits per heavy atom. The molecule has 1 aliphatic rings. The third-order valence-corrected chi connectivity index (χ3v) is 7.05. The number of nitrogens with zero attached hydrogens (tertiary/aromatic N) is 3. The molecule has 0 spiro atoms. The third kappa shape index (κ3) is 4.29. The van der Waals surface area contributed by atoms with Gasteiger partial charge in [-0.1, -0.05) is 44.0 Å². The number of unbranched alkanes of at least 4 members (excludes halogenated alkanes) is 1. The summed E-state index contributed by atoms with van der Waals surface area (Å²) in [6, 6.07) is 16.1. The fourth-order valence-electron chi connectivity index (χ4n) is 5.12. The zero-order valence-electron chi connectivity index (χ0n) is 19.6. The van der Waals surface area contributed by atoms with E-state index in [0.29, 0.717) is 18.5 Å². The van der Waals surface area contributed by atoms with Crippen molar-refractivity contribution >= 4 is 11.7 Å². The molecule has 1 saturated heterocycles. The van der Waals surface area contributed by atoms with E-state index in [0.717, 1.165) is 41.9 Å². The first-order chi connectivity index (χ1) is 16.0. The summed E-state index contributed by atoms with van der Waals surface area (Å²) in [6.45, 7) is 6.92. The van der Waals surface area contributed by atoms with E-state index in [9.17, 15) is 10.1 Å². The predicted octanol–water partition coefficient (Wildman–Crippen LogP) is 5.30. The first kappa shape index (κ1) is 22.8. The molecule has 2 heterocycles. The van der Waals surface area contributed by atoms with Crippen molar-refractivity contribution in [2.75, 3.05) is 0 Å². The number of imidazole rings is 1. The number of H-pyrrole nitrogens is 1. The summed E-state index contributed by atoms with van der Waals surface area (Å²) in [5.74, 6) is 0.894. The van der Waals surface area contributed by atoms with Crippen LogP contribution in [0.4, 0.5) is 10.5 Å². The maximum absolute atomic E-state index is 14.0. The van der Waals surface area contributed by atoms with Gasteiger partial charge in [-0.25, -0.2) is 9.78 Å². The number of carbonyl (C=O) groups is 1. The molecule has 2 amide bonds. The molecular weight excluding hydrogens is 410 g/mol. The second kappa shape index (κ2) is 9.60. The lowest BCUT2D eigenvalue weighted by molar-refractivity contribution is 0.196. The Balaban J connectivity index is 1.88. The van der Waals surface area contributed by atoms with Crippen LogP contribution in [0.2, 0.25) is 0 Å². The zero-order valence-corrected chi connectivity index (χ0v) is 19.6. The molecule has 3 unspecified atom stereocenters. The first-order valence-electron chi connectivity index (χ1n) is 11.7. The fourth-order valence-corrected chi connectivity index (χ4v) is 5.12. The van der Waals surface area contributed by atoms with E-state index in [2.05, 4.69) is 54.3 Å². The summed E-state index contributed by atoms with van der Waals surface area (Å²) in [5, 5.41) is 12.6. The number of aromatic nitrogens is 2. The Morgan fingerprint density at radius 3 is 2.61 bits per heavy atom. The molecule has 1 aliphatic heterocycles. The van der Waals surface area contributed by atoms with Gasteiger partial charge in [0.05, 0.1) is 24.1 Å². The number of benzene rings is 2. The van der Waals surface area contributed by atoms with Gasteiger partial charge in [-0.3, -0.25) is 5.32 Å². The smallest absolute Gasteiger partial charge is 0.348 e. The van der Waals surface area contributed by atoms with Crippen LogP contribution < -0.4 is 9.80 Å². The molecule has 0 bridgehead atoms. The SMILES string of the molecule is CCCCC1NC(=O)[N+](Cc2ccc(C#N)cc2)(c2cccc(C)c2C)C1Cc1ncc[nH]1. The monoisotopic (exact) mass is 442 g/mol. The van der Waals surface area contributed by atoms with E-state index in [-0.39, 0.29) is 22.6 Å². The highest BCUT2D eigenvalue weighted by molar-refractivity contribution is 5.91. The van der Waals surface area contributed by atoms with Crippen molar-refractivity contribution in [2.45, 2.75) is 65.1 Å². The number of nitriles is 1. The van der Waals surface area contributed by atoms with Crippen LogP contribution in [0.25, 0.3) is 0 Å². The maximum atomic E-state index is 14.0. The summed E-state index contributed by atoms with van der Waals surface area (Å²) in [5.41, 5.74) is 5.00. The summed E-state index contributed by atoms with van der Waals surface area (Å²) in [4.78, 5) is 21.7. The molecule has 170 valence electrons. The van der Waals surface area contributed by atoms with Crippen LogP contribution in [0, 0.1) is 25.2 Å². The van der Waals surface area contributed by atoms with E-state index >= 15 is 0 Å². The van der Waals surface area contributed by atoms with Crippen molar-refractivity contribution in [2.24, 2.45) is 0 Å². The van der Waals surface area contributed by atoms with Gasteiger partial charge in [-0.2, -0.15) is 9.74 Å². The van der Waals surface area contributed by atoms with Crippen LogP contribution >= 0.6 is 0 Å². The summed E-state index contributed by atoms with van der Waals surface area (Å²) in [6.07, 6.45) is 7.36. The lowest BCUT2D eigenvalue weighted by atomic mass is 9.94. The molecule has 2 N–H and O–H groups in total.